The molecule has 384 valence electrons. The Morgan fingerprint density at radius 2 is 1.35 bits per heavy atom. The molecule has 2 aliphatic carbocycles. The van der Waals surface area contributed by atoms with Crippen molar-refractivity contribution in [3.05, 3.63) is 107 Å². The molecule has 1 saturated heterocycles. The van der Waals surface area contributed by atoms with E-state index < -0.39 is 11.9 Å². The van der Waals surface area contributed by atoms with Crippen molar-refractivity contribution in [1.29, 1.82) is 0 Å². The Hall–Kier alpha value is -6.37. The van der Waals surface area contributed by atoms with Gasteiger partial charge >= 0.3 is 11.9 Å². The lowest BCUT2D eigenvalue weighted by atomic mass is 9.74. The smallest absolute Gasteiger partial charge is 0.335 e. The fourth-order valence-electron chi connectivity index (χ4n) is 15.0. The second kappa shape index (κ2) is 19.1. The second-order valence-corrected chi connectivity index (χ2v) is 22.9. The lowest BCUT2D eigenvalue weighted by Gasteiger charge is -2.37. The van der Waals surface area contributed by atoms with Crippen LogP contribution in [0.1, 0.15) is 165 Å². The van der Waals surface area contributed by atoms with E-state index in [4.69, 9.17) is 9.72 Å². The number of aryl methyl sites for hydroxylation is 3. The first-order valence-corrected chi connectivity index (χ1v) is 28.1. The third kappa shape index (κ3) is 7.87. The fraction of sp³-hybridized carbons (Fsp3) is 0.468. The van der Waals surface area contributed by atoms with Crippen LogP contribution >= 0.6 is 0 Å². The van der Waals surface area contributed by atoms with Gasteiger partial charge in [-0.3, -0.25) is 9.88 Å². The number of carbonyl (C=O) groups is 2. The molecule has 1 atom stereocenters. The predicted octanol–water partition coefficient (Wildman–Crippen LogP) is 13.5. The Kier molecular flexibility index (Phi) is 12.2. The number of carboxylic acids is 2. The quantitative estimate of drug-likeness (QED) is 0.117. The molecule has 12 nitrogen and oxygen atoms in total. The number of piperidine rings is 1. The van der Waals surface area contributed by atoms with E-state index in [1.54, 1.807) is 7.11 Å². The van der Waals surface area contributed by atoms with Gasteiger partial charge in [-0.2, -0.15) is 0 Å². The molecule has 5 aromatic heterocycles. The third-order valence-corrected chi connectivity index (χ3v) is 18.4. The van der Waals surface area contributed by atoms with Gasteiger partial charge in [0.2, 0.25) is 0 Å². The minimum Gasteiger partial charge on any atom is -0.496 e. The van der Waals surface area contributed by atoms with Crippen LogP contribution in [0.5, 0.6) is 5.75 Å². The molecule has 0 amide bonds. The number of pyridine rings is 1. The molecule has 8 aromatic rings. The first-order valence-electron chi connectivity index (χ1n) is 28.1. The van der Waals surface area contributed by atoms with E-state index in [-0.39, 0.29) is 12.0 Å². The molecule has 2 saturated carbocycles. The van der Waals surface area contributed by atoms with Crippen LogP contribution < -0.4 is 10.1 Å². The zero-order valence-corrected chi connectivity index (χ0v) is 43.5. The summed E-state index contributed by atoms with van der Waals surface area (Å²) in [6.07, 6.45) is 22.7. The standard InChI is InChI=1S/C62H71N7O5/c1-37(2)64-33-43-35-66-28-10-29-67-50-31-41(61(70)71)17-19-46(50)53(58(67)48-21-22-52(74-3)55(43)57(48)66)40-15-13-38(14-16-40)49-24-30-68-51-32-42(62(72)73)18-20-47(51)54(39-11-6-4-7-12-39)60(68)56-59-45(23-25-63-56)44(36-69(49)59)34-65-26-8-5-9-27-65/h17-23,25,31-32,35-40,49,64H,4-16,24,26-30,33-34H2,1-3H3,(H,70,71)(H,72,73). The molecule has 3 aromatic carbocycles. The molecule has 3 aliphatic heterocycles. The van der Waals surface area contributed by atoms with Gasteiger partial charge in [-0.1, -0.05) is 51.7 Å². The fourth-order valence-corrected chi connectivity index (χ4v) is 15.0. The molecule has 8 heterocycles. The SMILES string of the molecule is COc1ccc2c3c1c(CNC(C)C)cn3CCCn1c-2c(C2CCC(C3CCn4c(c(C5CCCCC5)c5ccc(C(=O)O)cc54)-c4nccc5c(CN6CCCCC6)cn3c45)CC2)c2ccc(C(=O)O)cc21. The number of ether oxygens (including phenoxy) is 1. The van der Waals surface area contributed by atoms with E-state index in [2.05, 4.69) is 85.1 Å². The van der Waals surface area contributed by atoms with E-state index in [0.717, 1.165) is 125 Å². The summed E-state index contributed by atoms with van der Waals surface area (Å²) in [5.74, 6) is 0.169. The van der Waals surface area contributed by atoms with Crippen molar-refractivity contribution in [2.75, 3.05) is 20.2 Å². The number of rotatable bonds is 11. The maximum Gasteiger partial charge on any atom is 0.335 e. The van der Waals surface area contributed by atoms with Gasteiger partial charge in [-0.05, 0) is 160 Å². The number of aromatic nitrogens is 5. The van der Waals surface area contributed by atoms with Crippen LogP contribution in [0.25, 0.3) is 66.3 Å². The largest absolute Gasteiger partial charge is 0.496 e. The monoisotopic (exact) mass is 994 g/mol. The number of hydrogen-bond donors (Lipinski definition) is 3. The third-order valence-electron chi connectivity index (χ3n) is 18.4. The Morgan fingerprint density at radius 3 is 2.04 bits per heavy atom. The van der Waals surface area contributed by atoms with Crippen molar-refractivity contribution in [2.45, 2.75) is 160 Å². The molecular weight excluding hydrogens is 923 g/mol. The number of methoxy groups -OCH3 is 1. The second-order valence-electron chi connectivity index (χ2n) is 22.9. The number of carboxylic acid groups (broad SMARTS) is 2. The Bertz CT molecular complexity index is 3500. The topological polar surface area (TPSA) is 132 Å². The predicted molar refractivity (Wildman–Crippen MR) is 294 cm³/mol. The van der Waals surface area contributed by atoms with Crippen molar-refractivity contribution in [3.8, 4) is 28.4 Å². The first-order chi connectivity index (χ1) is 36.1. The minimum atomic E-state index is -0.903. The molecule has 13 rings (SSSR count). The van der Waals surface area contributed by atoms with Crippen LogP contribution in [-0.2, 0) is 32.7 Å². The van der Waals surface area contributed by atoms with Crippen molar-refractivity contribution >= 4 is 55.6 Å². The summed E-state index contributed by atoms with van der Waals surface area (Å²) >= 11 is 0. The van der Waals surface area contributed by atoms with Crippen LogP contribution in [0.2, 0.25) is 0 Å². The maximum absolute atomic E-state index is 12.6. The molecule has 0 radical (unpaired) electrons. The van der Waals surface area contributed by atoms with Gasteiger partial charge in [0.05, 0.1) is 40.7 Å². The molecule has 1 unspecified atom stereocenters. The maximum atomic E-state index is 12.6. The van der Waals surface area contributed by atoms with Gasteiger partial charge in [0.25, 0.3) is 0 Å². The van der Waals surface area contributed by atoms with E-state index >= 15 is 0 Å². The number of aromatic carboxylic acids is 2. The van der Waals surface area contributed by atoms with E-state index in [1.807, 2.05) is 30.5 Å². The van der Waals surface area contributed by atoms with Crippen LogP contribution in [0.4, 0.5) is 0 Å². The summed E-state index contributed by atoms with van der Waals surface area (Å²) in [4.78, 5) is 33.3. The Morgan fingerprint density at radius 1 is 0.676 bits per heavy atom. The summed E-state index contributed by atoms with van der Waals surface area (Å²) in [7, 11) is 1.77. The number of nitrogens with zero attached hydrogens (tertiary/aromatic N) is 6. The number of fused-ring (bicyclic) bond motifs is 8. The summed E-state index contributed by atoms with van der Waals surface area (Å²) in [6, 6.07) is 18.9. The van der Waals surface area contributed by atoms with Crippen LogP contribution in [0.15, 0.2) is 73.2 Å². The van der Waals surface area contributed by atoms with Crippen molar-refractivity contribution < 1.29 is 24.5 Å². The summed E-state index contributed by atoms with van der Waals surface area (Å²) in [5.41, 5.74) is 15.1. The lowest BCUT2D eigenvalue weighted by molar-refractivity contribution is 0.0686. The van der Waals surface area contributed by atoms with Gasteiger partial charge in [0.1, 0.15) is 11.4 Å². The molecule has 12 heteroatoms. The van der Waals surface area contributed by atoms with Crippen molar-refractivity contribution in [3.63, 3.8) is 0 Å². The van der Waals surface area contributed by atoms with Crippen LogP contribution in [0.3, 0.4) is 0 Å². The highest BCUT2D eigenvalue weighted by Gasteiger charge is 2.38. The van der Waals surface area contributed by atoms with Crippen LogP contribution in [0, 0.1) is 5.92 Å². The lowest BCUT2D eigenvalue weighted by Crippen LogP contribution is -2.29. The van der Waals surface area contributed by atoms with E-state index in [1.165, 1.54) is 105 Å². The minimum absolute atomic E-state index is 0.217. The number of likely N-dealkylation sites (tertiary alicyclic amines) is 1. The molecular formula is C62H71N7O5. The summed E-state index contributed by atoms with van der Waals surface area (Å²) in [6.45, 7) is 10.7. The van der Waals surface area contributed by atoms with Gasteiger partial charge in [-0.15, -0.1) is 0 Å². The Labute approximate surface area is 433 Å². The zero-order chi connectivity index (χ0) is 50.4. The molecule has 74 heavy (non-hydrogen) atoms. The van der Waals surface area contributed by atoms with Gasteiger partial charge in [0, 0.05) is 102 Å². The number of hydrogen-bond acceptors (Lipinski definition) is 6. The highest BCUT2D eigenvalue weighted by molar-refractivity contribution is 6.06. The van der Waals surface area contributed by atoms with Crippen LogP contribution in [-0.4, -0.2) is 76.5 Å². The van der Waals surface area contributed by atoms with E-state index in [9.17, 15) is 19.8 Å². The Balaban J connectivity index is 0.933. The average molecular weight is 994 g/mol. The molecule has 5 aliphatic rings. The summed E-state index contributed by atoms with van der Waals surface area (Å²) in [5, 5.41) is 29.2. The highest BCUT2D eigenvalue weighted by atomic mass is 16.5. The molecule has 3 fully saturated rings. The van der Waals surface area contributed by atoms with Crippen molar-refractivity contribution in [2.24, 2.45) is 5.92 Å². The highest BCUT2D eigenvalue weighted by Crippen LogP contribution is 2.53. The summed E-state index contributed by atoms with van der Waals surface area (Å²) < 4.78 is 16.2. The van der Waals surface area contributed by atoms with Gasteiger partial charge < -0.3 is 38.5 Å². The zero-order valence-electron chi connectivity index (χ0n) is 43.5. The van der Waals surface area contributed by atoms with E-state index in [0.29, 0.717) is 29.0 Å². The first kappa shape index (κ1) is 47.4. The molecule has 0 bridgehead atoms. The average Bonchev–Trinajstić information content (AvgIpc) is 4.16. The normalized spacial score (nSPS) is 20.7. The molecule has 3 N–H and O–H groups in total. The molecule has 0 spiro atoms. The van der Waals surface area contributed by atoms with Crippen molar-refractivity contribution in [1.82, 2.24) is 33.5 Å². The van der Waals surface area contributed by atoms with Gasteiger partial charge in [0.15, 0.2) is 0 Å². The number of benzene rings is 3. The number of nitrogens with one attached hydrogen (secondary N) is 1. The van der Waals surface area contributed by atoms with Gasteiger partial charge in [-0.25, -0.2) is 9.59 Å².